The van der Waals surface area contributed by atoms with Gasteiger partial charge in [0.05, 0.1) is 0 Å². The van der Waals surface area contributed by atoms with Crippen LogP contribution in [-0.4, -0.2) is 23.5 Å². The van der Waals surface area contributed by atoms with Crippen molar-refractivity contribution in [2.75, 3.05) is 6.54 Å². The molecule has 1 amide bonds. The van der Waals surface area contributed by atoms with Crippen LogP contribution in [0, 0.1) is 5.92 Å². The van der Waals surface area contributed by atoms with Gasteiger partial charge < -0.3 is 10.4 Å². The Kier molecular flexibility index (Phi) is 7.26. The molecule has 0 saturated carbocycles. The first-order chi connectivity index (χ1) is 9.93. The SMILES string of the molecule is CCC(CNC(=O)/C=C/c1c(Cl)cccc1Cl)CC(=O)O. The largest absolute Gasteiger partial charge is 0.481 e. The Bertz CT molecular complexity index is 523. The zero-order valence-electron chi connectivity index (χ0n) is 11.6. The zero-order chi connectivity index (χ0) is 15.8. The van der Waals surface area contributed by atoms with Crippen LogP contribution in [0.25, 0.3) is 6.08 Å². The third kappa shape index (κ3) is 6.19. The first kappa shape index (κ1) is 17.5. The summed E-state index contributed by atoms with van der Waals surface area (Å²) in [5.41, 5.74) is 0.577. The predicted molar refractivity (Wildman–Crippen MR) is 84.5 cm³/mol. The van der Waals surface area contributed by atoms with Crippen LogP contribution in [0.5, 0.6) is 0 Å². The molecule has 1 unspecified atom stereocenters. The number of carboxylic acid groups (broad SMARTS) is 1. The highest BCUT2D eigenvalue weighted by Crippen LogP contribution is 2.25. The van der Waals surface area contributed by atoms with Crippen LogP contribution < -0.4 is 5.32 Å². The fourth-order valence-electron chi connectivity index (χ4n) is 1.74. The van der Waals surface area contributed by atoms with Crippen molar-refractivity contribution >= 4 is 41.2 Å². The van der Waals surface area contributed by atoms with Crippen molar-refractivity contribution in [2.24, 2.45) is 5.92 Å². The van der Waals surface area contributed by atoms with Crippen LogP contribution in [-0.2, 0) is 9.59 Å². The lowest BCUT2D eigenvalue weighted by atomic mass is 10.0. The van der Waals surface area contributed by atoms with E-state index < -0.39 is 5.97 Å². The van der Waals surface area contributed by atoms with Gasteiger partial charge in [-0.1, -0.05) is 42.6 Å². The summed E-state index contributed by atoms with van der Waals surface area (Å²) in [6, 6.07) is 5.09. The van der Waals surface area contributed by atoms with Gasteiger partial charge in [-0.25, -0.2) is 0 Å². The van der Waals surface area contributed by atoms with Gasteiger partial charge in [-0.05, 0) is 24.1 Å². The van der Waals surface area contributed by atoms with Crippen LogP contribution in [0.15, 0.2) is 24.3 Å². The first-order valence-corrected chi connectivity index (χ1v) is 7.31. The average molecular weight is 330 g/mol. The number of rotatable bonds is 7. The van der Waals surface area contributed by atoms with Crippen molar-refractivity contribution in [2.45, 2.75) is 19.8 Å². The molecule has 2 N–H and O–H groups in total. The molecule has 4 nitrogen and oxygen atoms in total. The predicted octanol–water partition coefficient (Wildman–Crippen LogP) is 3.62. The number of carboxylic acids is 1. The maximum Gasteiger partial charge on any atom is 0.303 e. The molecule has 1 atom stereocenters. The van der Waals surface area contributed by atoms with Gasteiger partial charge in [-0.3, -0.25) is 9.59 Å². The Labute approximate surface area is 133 Å². The molecule has 0 radical (unpaired) electrons. The van der Waals surface area contributed by atoms with Crippen molar-refractivity contribution in [3.05, 3.63) is 39.9 Å². The zero-order valence-corrected chi connectivity index (χ0v) is 13.1. The second-order valence-electron chi connectivity index (χ2n) is 4.59. The molecule has 0 aliphatic carbocycles. The number of hydrogen-bond donors (Lipinski definition) is 2. The van der Waals surface area contributed by atoms with E-state index in [1.54, 1.807) is 18.2 Å². The molecule has 0 aliphatic rings. The van der Waals surface area contributed by atoms with E-state index in [0.29, 0.717) is 28.6 Å². The average Bonchev–Trinajstić information content (AvgIpc) is 2.42. The summed E-state index contributed by atoms with van der Waals surface area (Å²) in [5, 5.41) is 12.3. The van der Waals surface area contributed by atoms with Gasteiger partial charge in [0.2, 0.25) is 5.91 Å². The topological polar surface area (TPSA) is 66.4 Å². The molecule has 0 fully saturated rings. The first-order valence-electron chi connectivity index (χ1n) is 6.55. The van der Waals surface area contributed by atoms with E-state index >= 15 is 0 Å². The lowest BCUT2D eigenvalue weighted by molar-refractivity contribution is -0.138. The second kappa shape index (κ2) is 8.70. The van der Waals surface area contributed by atoms with Gasteiger partial charge in [0.25, 0.3) is 0 Å². The van der Waals surface area contributed by atoms with E-state index in [1.165, 1.54) is 12.2 Å². The van der Waals surface area contributed by atoms with Gasteiger partial charge in [-0.15, -0.1) is 0 Å². The molecule has 6 heteroatoms. The van der Waals surface area contributed by atoms with E-state index in [9.17, 15) is 9.59 Å². The van der Waals surface area contributed by atoms with Gasteiger partial charge in [0.1, 0.15) is 0 Å². The van der Waals surface area contributed by atoms with Crippen molar-refractivity contribution in [1.29, 1.82) is 0 Å². The summed E-state index contributed by atoms with van der Waals surface area (Å²) < 4.78 is 0. The Morgan fingerprint density at radius 1 is 1.33 bits per heavy atom. The van der Waals surface area contributed by atoms with Gasteiger partial charge in [-0.2, -0.15) is 0 Å². The number of halogens is 2. The van der Waals surface area contributed by atoms with Crippen LogP contribution in [0.4, 0.5) is 0 Å². The highest BCUT2D eigenvalue weighted by atomic mass is 35.5. The fraction of sp³-hybridized carbons (Fsp3) is 0.333. The molecule has 0 heterocycles. The minimum atomic E-state index is -0.866. The standard InChI is InChI=1S/C15H17Cl2NO3/c1-2-10(8-15(20)21)9-18-14(19)7-6-11-12(16)4-3-5-13(11)17/h3-7,10H,2,8-9H2,1H3,(H,18,19)(H,20,21)/b7-6+. The van der Waals surface area contributed by atoms with E-state index in [2.05, 4.69) is 5.32 Å². The minimum Gasteiger partial charge on any atom is -0.481 e. The number of nitrogens with one attached hydrogen (secondary N) is 1. The summed E-state index contributed by atoms with van der Waals surface area (Å²) in [7, 11) is 0. The summed E-state index contributed by atoms with van der Waals surface area (Å²) >= 11 is 12.0. The van der Waals surface area contributed by atoms with Gasteiger partial charge in [0, 0.05) is 34.7 Å². The quantitative estimate of drug-likeness (QED) is 0.751. The number of carbonyl (C=O) groups is 2. The smallest absolute Gasteiger partial charge is 0.303 e. The molecule has 114 valence electrons. The molecule has 0 saturated heterocycles. The maximum atomic E-state index is 11.7. The van der Waals surface area contributed by atoms with Crippen LogP contribution >= 0.6 is 23.2 Å². The molecule has 0 bridgehead atoms. The number of benzene rings is 1. The van der Waals surface area contributed by atoms with Crippen molar-refractivity contribution < 1.29 is 14.7 Å². The van der Waals surface area contributed by atoms with Crippen LogP contribution in [0.2, 0.25) is 10.0 Å². The fourth-order valence-corrected chi connectivity index (χ4v) is 2.26. The Morgan fingerprint density at radius 3 is 2.48 bits per heavy atom. The Morgan fingerprint density at radius 2 is 1.95 bits per heavy atom. The van der Waals surface area contributed by atoms with E-state index in [4.69, 9.17) is 28.3 Å². The molecular formula is C15H17Cl2NO3. The third-order valence-corrected chi connectivity index (χ3v) is 3.67. The number of aliphatic carboxylic acids is 1. The van der Waals surface area contributed by atoms with Crippen LogP contribution in [0.1, 0.15) is 25.3 Å². The summed E-state index contributed by atoms with van der Waals surface area (Å²) in [5.74, 6) is -1.26. The summed E-state index contributed by atoms with van der Waals surface area (Å²) in [4.78, 5) is 22.4. The Balaban J connectivity index is 2.57. The number of carbonyl (C=O) groups excluding carboxylic acids is 1. The molecule has 1 aromatic rings. The van der Waals surface area contributed by atoms with Crippen molar-refractivity contribution in [1.82, 2.24) is 5.32 Å². The lowest BCUT2D eigenvalue weighted by Crippen LogP contribution is -2.28. The van der Waals surface area contributed by atoms with Crippen LogP contribution in [0.3, 0.4) is 0 Å². The van der Waals surface area contributed by atoms with E-state index in [0.717, 1.165) is 0 Å². The van der Waals surface area contributed by atoms with E-state index in [-0.39, 0.29) is 18.2 Å². The van der Waals surface area contributed by atoms with E-state index in [1.807, 2.05) is 6.92 Å². The highest BCUT2D eigenvalue weighted by Gasteiger charge is 2.11. The molecule has 21 heavy (non-hydrogen) atoms. The molecule has 0 spiro atoms. The monoisotopic (exact) mass is 329 g/mol. The molecule has 0 aliphatic heterocycles. The summed E-state index contributed by atoms with van der Waals surface area (Å²) in [6.45, 7) is 2.21. The maximum absolute atomic E-state index is 11.7. The van der Waals surface area contributed by atoms with Gasteiger partial charge >= 0.3 is 5.97 Å². The second-order valence-corrected chi connectivity index (χ2v) is 5.40. The molecule has 1 aromatic carbocycles. The van der Waals surface area contributed by atoms with Crippen molar-refractivity contribution in [3.63, 3.8) is 0 Å². The molecule has 0 aromatic heterocycles. The number of hydrogen-bond acceptors (Lipinski definition) is 2. The highest BCUT2D eigenvalue weighted by molar-refractivity contribution is 6.37. The molecular weight excluding hydrogens is 313 g/mol. The Hall–Kier alpha value is -1.52. The lowest BCUT2D eigenvalue weighted by Gasteiger charge is -2.12. The minimum absolute atomic E-state index is 0.0385. The number of amides is 1. The normalized spacial score (nSPS) is 12.3. The van der Waals surface area contributed by atoms with Crippen molar-refractivity contribution in [3.8, 4) is 0 Å². The molecule has 1 rings (SSSR count). The summed E-state index contributed by atoms with van der Waals surface area (Å²) in [6.07, 6.45) is 3.60. The van der Waals surface area contributed by atoms with Gasteiger partial charge in [0.15, 0.2) is 0 Å². The third-order valence-electron chi connectivity index (χ3n) is 3.01.